The number of anilines is 1. The Morgan fingerprint density at radius 2 is 2.19 bits per heavy atom. The predicted octanol–water partition coefficient (Wildman–Crippen LogP) is 5.07. The molecule has 0 amide bonds. The predicted molar refractivity (Wildman–Crippen MR) is 83.9 cm³/mol. The molecule has 0 atom stereocenters. The van der Waals surface area contributed by atoms with Gasteiger partial charge >= 0.3 is 0 Å². The summed E-state index contributed by atoms with van der Waals surface area (Å²) in [5.74, 6) is -2.95. The number of nitrogens with one attached hydrogen (secondary N) is 1. The van der Waals surface area contributed by atoms with E-state index in [9.17, 15) is 8.78 Å². The van der Waals surface area contributed by atoms with Gasteiger partial charge < -0.3 is 5.32 Å². The minimum absolute atomic E-state index is 0.275. The fourth-order valence-corrected chi connectivity index (χ4v) is 1.66. The van der Waals surface area contributed by atoms with E-state index in [0.717, 1.165) is 13.3 Å². The van der Waals surface area contributed by atoms with Crippen LogP contribution in [0.5, 0.6) is 0 Å². The molecule has 0 fully saturated rings. The molecule has 3 nitrogen and oxygen atoms in total. The highest BCUT2D eigenvalue weighted by Gasteiger charge is 2.25. The van der Waals surface area contributed by atoms with Crippen molar-refractivity contribution in [2.24, 2.45) is 4.99 Å². The zero-order valence-corrected chi connectivity index (χ0v) is 13.0. The standard InChI is InChI=1S/C15H18ClF2N3/c1-4-6-12(14(16)19-9-5-2)21-11-7-8-13(20-10-11)15(3,17)18/h5-10,21H,4H2,1-3H3/b9-5-,12-6-,19-14+. The van der Waals surface area contributed by atoms with Crippen LogP contribution in [0.2, 0.25) is 0 Å². The molecule has 0 radical (unpaired) electrons. The molecule has 1 N–H and O–H groups in total. The van der Waals surface area contributed by atoms with Gasteiger partial charge in [-0.25, -0.2) is 4.99 Å². The van der Waals surface area contributed by atoms with Gasteiger partial charge in [-0.15, -0.1) is 0 Å². The fourth-order valence-electron chi connectivity index (χ4n) is 1.48. The van der Waals surface area contributed by atoms with Crippen LogP contribution < -0.4 is 5.32 Å². The normalized spacial score (nSPS) is 13.8. The number of hydrogen-bond acceptors (Lipinski definition) is 3. The summed E-state index contributed by atoms with van der Waals surface area (Å²) in [5, 5.41) is 3.32. The lowest BCUT2D eigenvalue weighted by Crippen LogP contribution is -2.11. The third-order valence-electron chi connectivity index (χ3n) is 2.46. The van der Waals surface area contributed by atoms with Crippen molar-refractivity contribution in [2.75, 3.05) is 5.32 Å². The van der Waals surface area contributed by atoms with Crippen molar-refractivity contribution in [3.8, 4) is 0 Å². The van der Waals surface area contributed by atoms with Crippen molar-refractivity contribution >= 4 is 22.5 Å². The Labute approximate surface area is 128 Å². The highest BCUT2D eigenvalue weighted by Crippen LogP contribution is 2.25. The van der Waals surface area contributed by atoms with Crippen molar-refractivity contribution in [3.05, 3.63) is 48.1 Å². The molecule has 0 aliphatic carbocycles. The summed E-state index contributed by atoms with van der Waals surface area (Å²) in [4.78, 5) is 7.79. The molecule has 0 aliphatic rings. The Balaban J connectivity index is 2.93. The third kappa shape index (κ3) is 5.63. The minimum Gasteiger partial charge on any atom is -0.352 e. The van der Waals surface area contributed by atoms with E-state index in [0.29, 0.717) is 16.6 Å². The van der Waals surface area contributed by atoms with E-state index >= 15 is 0 Å². The van der Waals surface area contributed by atoms with E-state index in [-0.39, 0.29) is 5.69 Å². The van der Waals surface area contributed by atoms with E-state index in [1.54, 1.807) is 12.3 Å². The van der Waals surface area contributed by atoms with Gasteiger partial charge in [0.2, 0.25) is 0 Å². The summed E-state index contributed by atoms with van der Waals surface area (Å²) in [6.07, 6.45) is 7.29. The van der Waals surface area contributed by atoms with E-state index < -0.39 is 5.92 Å². The second kappa shape index (κ2) is 7.88. The van der Waals surface area contributed by atoms with E-state index in [1.165, 1.54) is 18.3 Å². The van der Waals surface area contributed by atoms with Crippen molar-refractivity contribution in [1.29, 1.82) is 0 Å². The van der Waals surface area contributed by atoms with Crippen molar-refractivity contribution in [1.82, 2.24) is 4.98 Å². The smallest absolute Gasteiger partial charge is 0.286 e. The molecule has 0 unspecified atom stereocenters. The SMILES string of the molecule is C\C=C/N=C(Cl)\C(=C\CC)Nc1ccc(C(C)(F)F)nc1. The maximum absolute atomic E-state index is 13.1. The van der Waals surface area contributed by atoms with E-state index in [1.807, 2.05) is 19.9 Å². The lowest BCUT2D eigenvalue weighted by atomic mass is 10.2. The molecule has 0 aromatic carbocycles. The summed E-state index contributed by atoms with van der Waals surface area (Å²) in [5.41, 5.74) is 0.898. The zero-order chi connectivity index (χ0) is 15.9. The Morgan fingerprint density at radius 1 is 1.48 bits per heavy atom. The van der Waals surface area contributed by atoms with Gasteiger partial charge in [-0.2, -0.15) is 8.78 Å². The summed E-state index contributed by atoms with van der Waals surface area (Å²) < 4.78 is 26.2. The number of halogens is 3. The van der Waals surface area contributed by atoms with Crippen LogP contribution in [0, 0.1) is 0 Å². The molecule has 21 heavy (non-hydrogen) atoms. The van der Waals surface area contributed by atoms with Gasteiger partial charge in [-0.05, 0) is 25.5 Å². The van der Waals surface area contributed by atoms with E-state index in [4.69, 9.17) is 11.6 Å². The molecular weight excluding hydrogens is 296 g/mol. The van der Waals surface area contributed by atoms with Crippen LogP contribution in [-0.2, 0) is 5.92 Å². The summed E-state index contributed by atoms with van der Waals surface area (Å²) >= 11 is 6.09. The van der Waals surface area contributed by atoms with Crippen LogP contribution in [0.3, 0.4) is 0 Å². The topological polar surface area (TPSA) is 37.3 Å². The van der Waals surface area contributed by atoms with Crippen LogP contribution in [-0.4, -0.2) is 10.2 Å². The maximum Gasteiger partial charge on any atom is 0.286 e. The molecule has 6 heteroatoms. The molecule has 0 aliphatic heterocycles. The van der Waals surface area contributed by atoms with Gasteiger partial charge in [0.25, 0.3) is 5.92 Å². The number of aromatic nitrogens is 1. The molecule has 0 spiro atoms. The van der Waals surface area contributed by atoms with Crippen molar-refractivity contribution in [2.45, 2.75) is 33.1 Å². The first-order chi connectivity index (χ1) is 9.88. The first-order valence-corrected chi connectivity index (χ1v) is 6.92. The van der Waals surface area contributed by atoms with Crippen LogP contribution in [0.1, 0.15) is 32.9 Å². The highest BCUT2D eigenvalue weighted by atomic mass is 35.5. The van der Waals surface area contributed by atoms with Gasteiger partial charge in [0, 0.05) is 13.1 Å². The summed E-state index contributed by atoms with van der Waals surface area (Å²) in [7, 11) is 0. The van der Waals surface area contributed by atoms with Gasteiger partial charge in [0.15, 0.2) is 5.17 Å². The average Bonchev–Trinajstić information content (AvgIpc) is 2.44. The fraction of sp³-hybridized carbons (Fsp3) is 0.333. The number of alkyl halides is 2. The lowest BCUT2D eigenvalue weighted by Gasteiger charge is -2.12. The van der Waals surface area contributed by atoms with E-state index in [2.05, 4.69) is 15.3 Å². The lowest BCUT2D eigenvalue weighted by molar-refractivity contribution is 0.0128. The summed E-state index contributed by atoms with van der Waals surface area (Å²) in [6.45, 7) is 4.60. The Hall–Kier alpha value is -1.75. The van der Waals surface area contributed by atoms with Gasteiger partial charge in [0.05, 0.1) is 17.6 Å². The Bertz CT molecular complexity index is 543. The number of nitrogens with zero attached hydrogens (tertiary/aromatic N) is 2. The molecule has 0 saturated heterocycles. The number of pyridine rings is 1. The Kier molecular flexibility index (Phi) is 6.49. The second-order valence-corrected chi connectivity index (χ2v) is 4.73. The van der Waals surface area contributed by atoms with Crippen LogP contribution >= 0.6 is 11.6 Å². The second-order valence-electron chi connectivity index (χ2n) is 4.37. The van der Waals surface area contributed by atoms with Gasteiger partial charge in [-0.1, -0.05) is 30.7 Å². The van der Waals surface area contributed by atoms with Crippen molar-refractivity contribution in [3.63, 3.8) is 0 Å². The molecule has 1 aromatic rings. The average molecular weight is 314 g/mol. The molecule has 1 rings (SSSR count). The quantitative estimate of drug-likeness (QED) is 0.744. The first-order valence-electron chi connectivity index (χ1n) is 6.54. The van der Waals surface area contributed by atoms with Crippen molar-refractivity contribution < 1.29 is 8.78 Å². The maximum atomic E-state index is 13.1. The molecule has 0 bridgehead atoms. The van der Waals surface area contributed by atoms with Gasteiger partial charge in [-0.3, -0.25) is 4.98 Å². The van der Waals surface area contributed by atoms with Crippen LogP contribution in [0.4, 0.5) is 14.5 Å². The van der Waals surface area contributed by atoms with Crippen LogP contribution in [0.25, 0.3) is 0 Å². The number of aliphatic imine (C=N–C) groups is 1. The monoisotopic (exact) mass is 313 g/mol. The zero-order valence-electron chi connectivity index (χ0n) is 12.2. The number of hydrogen-bond donors (Lipinski definition) is 1. The Morgan fingerprint density at radius 3 is 2.67 bits per heavy atom. The first kappa shape index (κ1) is 17.3. The number of allylic oxidation sites excluding steroid dienone is 3. The highest BCUT2D eigenvalue weighted by molar-refractivity contribution is 6.70. The van der Waals surface area contributed by atoms with Gasteiger partial charge in [0.1, 0.15) is 5.69 Å². The third-order valence-corrected chi connectivity index (χ3v) is 2.76. The molecule has 1 aromatic heterocycles. The molecule has 1 heterocycles. The number of rotatable bonds is 6. The molecule has 0 saturated carbocycles. The summed E-state index contributed by atoms with van der Waals surface area (Å²) in [6, 6.07) is 2.81. The minimum atomic E-state index is -2.95. The molecule has 114 valence electrons. The largest absolute Gasteiger partial charge is 0.352 e. The van der Waals surface area contributed by atoms with Crippen LogP contribution in [0.15, 0.2) is 47.4 Å². The molecular formula is C15H18ClF2N3.